The molecule has 0 bridgehead atoms. The van der Waals surface area contributed by atoms with Crippen molar-refractivity contribution in [3.8, 4) is 17.2 Å². The third kappa shape index (κ3) is 3.55. The molecule has 0 fully saturated rings. The highest BCUT2D eigenvalue weighted by Gasteiger charge is 2.14. The van der Waals surface area contributed by atoms with E-state index in [1.807, 2.05) is 0 Å². The average Bonchev–Trinajstić information content (AvgIpc) is 3.07. The fourth-order valence-electron chi connectivity index (χ4n) is 2.10. The SMILES string of the molecule is COC(=O)c1ccc(C=CC(=O)Oc2ccc3c(c2)OCO3)cc1. The van der Waals surface area contributed by atoms with Crippen LogP contribution in [0, 0.1) is 0 Å². The Hall–Kier alpha value is -3.28. The zero-order valence-electron chi connectivity index (χ0n) is 12.9. The summed E-state index contributed by atoms with van der Waals surface area (Å²) in [5, 5.41) is 0. The fourth-order valence-corrected chi connectivity index (χ4v) is 2.10. The van der Waals surface area contributed by atoms with Crippen LogP contribution in [-0.2, 0) is 9.53 Å². The van der Waals surface area contributed by atoms with Crippen molar-refractivity contribution in [2.24, 2.45) is 0 Å². The molecular weight excluding hydrogens is 312 g/mol. The number of hydrogen-bond donors (Lipinski definition) is 0. The molecule has 122 valence electrons. The van der Waals surface area contributed by atoms with Gasteiger partial charge < -0.3 is 18.9 Å². The summed E-state index contributed by atoms with van der Waals surface area (Å²) in [7, 11) is 1.32. The van der Waals surface area contributed by atoms with Crippen molar-refractivity contribution in [2.75, 3.05) is 13.9 Å². The van der Waals surface area contributed by atoms with Crippen LogP contribution in [0.1, 0.15) is 15.9 Å². The van der Waals surface area contributed by atoms with Crippen molar-refractivity contribution in [1.82, 2.24) is 0 Å². The van der Waals surface area contributed by atoms with Gasteiger partial charge in [-0.1, -0.05) is 12.1 Å². The summed E-state index contributed by atoms with van der Waals surface area (Å²) in [5.74, 6) is 0.604. The zero-order valence-corrected chi connectivity index (χ0v) is 12.9. The van der Waals surface area contributed by atoms with Crippen LogP contribution in [0.2, 0.25) is 0 Å². The maximum absolute atomic E-state index is 11.9. The van der Waals surface area contributed by atoms with E-state index >= 15 is 0 Å². The van der Waals surface area contributed by atoms with Crippen molar-refractivity contribution in [3.05, 3.63) is 59.7 Å². The van der Waals surface area contributed by atoms with E-state index in [0.717, 1.165) is 5.56 Å². The molecule has 3 rings (SSSR count). The Morgan fingerprint density at radius 2 is 1.79 bits per heavy atom. The van der Waals surface area contributed by atoms with Gasteiger partial charge in [-0.25, -0.2) is 9.59 Å². The predicted molar refractivity (Wildman–Crippen MR) is 85.0 cm³/mol. The average molecular weight is 326 g/mol. The monoisotopic (exact) mass is 326 g/mol. The van der Waals surface area contributed by atoms with Crippen molar-refractivity contribution in [2.45, 2.75) is 0 Å². The van der Waals surface area contributed by atoms with Crippen LogP contribution in [0.5, 0.6) is 17.2 Å². The first-order valence-corrected chi connectivity index (χ1v) is 7.13. The zero-order chi connectivity index (χ0) is 16.9. The maximum Gasteiger partial charge on any atom is 0.337 e. The van der Waals surface area contributed by atoms with E-state index in [4.69, 9.17) is 14.2 Å². The molecule has 0 amide bonds. The quantitative estimate of drug-likeness (QED) is 0.489. The molecule has 0 atom stereocenters. The molecule has 0 saturated carbocycles. The van der Waals surface area contributed by atoms with E-state index in [1.165, 1.54) is 13.2 Å². The Kier molecular flexibility index (Phi) is 4.47. The van der Waals surface area contributed by atoms with Crippen molar-refractivity contribution < 1.29 is 28.5 Å². The molecule has 6 nitrogen and oxygen atoms in total. The van der Waals surface area contributed by atoms with Crippen molar-refractivity contribution in [1.29, 1.82) is 0 Å². The second-order valence-corrected chi connectivity index (χ2v) is 4.88. The third-order valence-corrected chi connectivity index (χ3v) is 3.31. The molecule has 0 aliphatic carbocycles. The van der Waals surface area contributed by atoms with E-state index in [2.05, 4.69) is 4.74 Å². The lowest BCUT2D eigenvalue weighted by Gasteiger charge is -2.02. The summed E-state index contributed by atoms with van der Waals surface area (Å²) in [6, 6.07) is 11.6. The molecule has 0 spiro atoms. The Balaban J connectivity index is 1.62. The lowest BCUT2D eigenvalue weighted by molar-refractivity contribution is -0.128. The molecule has 2 aromatic rings. The Labute approximate surface area is 138 Å². The van der Waals surface area contributed by atoms with Gasteiger partial charge in [0.15, 0.2) is 11.5 Å². The lowest BCUT2D eigenvalue weighted by Crippen LogP contribution is -2.03. The molecule has 0 saturated heterocycles. The van der Waals surface area contributed by atoms with E-state index in [0.29, 0.717) is 22.8 Å². The van der Waals surface area contributed by atoms with Gasteiger partial charge >= 0.3 is 11.9 Å². The minimum absolute atomic E-state index is 0.161. The number of hydrogen-bond acceptors (Lipinski definition) is 6. The third-order valence-electron chi connectivity index (χ3n) is 3.31. The van der Waals surface area contributed by atoms with Gasteiger partial charge in [-0.05, 0) is 35.9 Å². The van der Waals surface area contributed by atoms with Gasteiger partial charge in [-0.15, -0.1) is 0 Å². The first kappa shape index (κ1) is 15.6. The number of benzene rings is 2. The van der Waals surface area contributed by atoms with Gasteiger partial charge in [0.25, 0.3) is 0 Å². The van der Waals surface area contributed by atoms with Crippen LogP contribution >= 0.6 is 0 Å². The molecular formula is C18H14O6. The van der Waals surface area contributed by atoms with E-state index in [-0.39, 0.29) is 6.79 Å². The summed E-state index contributed by atoms with van der Waals surface area (Å²) in [5.41, 5.74) is 1.20. The van der Waals surface area contributed by atoms with Gasteiger partial charge in [-0.3, -0.25) is 0 Å². The molecule has 0 unspecified atom stereocenters. The second-order valence-electron chi connectivity index (χ2n) is 4.88. The first-order valence-electron chi connectivity index (χ1n) is 7.13. The summed E-state index contributed by atoms with van der Waals surface area (Å²) in [6.07, 6.45) is 2.90. The minimum atomic E-state index is -0.522. The van der Waals surface area contributed by atoms with Crippen LogP contribution in [0.3, 0.4) is 0 Å². The smallest absolute Gasteiger partial charge is 0.337 e. The van der Waals surface area contributed by atoms with Crippen molar-refractivity contribution >= 4 is 18.0 Å². The van der Waals surface area contributed by atoms with Gasteiger partial charge in [0.05, 0.1) is 12.7 Å². The Morgan fingerprint density at radius 3 is 2.54 bits per heavy atom. The van der Waals surface area contributed by atoms with E-state index in [9.17, 15) is 9.59 Å². The number of carbonyl (C=O) groups excluding carboxylic acids is 2. The number of rotatable bonds is 4. The van der Waals surface area contributed by atoms with Gasteiger partial charge in [0, 0.05) is 12.1 Å². The number of esters is 2. The second kappa shape index (κ2) is 6.87. The molecule has 6 heteroatoms. The number of fused-ring (bicyclic) bond motifs is 1. The van der Waals surface area contributed by atoms with Crippen LogP contribution in [0.15, 0.2) is 48.5 Å². The maximum atomic E-state index is 11.9. The number of carbonyl (C=O) groups is 2. The molecule has 1 aliphatic rings. The standard InChI is InChI=1S/C18H14O6/c1-21-18(20)13-5-2-12(3-6-13)4-9-17(19)24-14-7-8-15-16(10-14)23-11-22-15/h2-10H,11H2,1H3. The summed E-state index contributed by atoms with van der Waals surface area (Å²) in [4.78, 5) is 23.2. The van der Waals surface area contributed by atoms with Crippen LogP contribution in [-0.4, -0.2) is 25.8 Å². The van der Waals surface area contributed by atoms with Crippen molar-refractivity contribution in [3.63, 3.8) is 0 Å². The highest BCUT2D eigenvalue weighted by molar-refractivity contribution is 5.91. The molecule has 2 aromatic carbocycles. The summed E-state index contributed by atoms with van der Waals surface area (Å²) >= 11 is 0. The normalized spacial score (nSPS) is 12.2. The molecule has 1 heterocycles. The number of ether oxygens (including phenoxy) is 4. The molecule has 1 aliphatic heterocycles. The van der Waals surface area contributed by atoms with Gasteiger partial charge in [0.1, 0.15) is 5.75 Å². The van der Waals surface area contributed by atoms with Gasteiger partial charge in [0.2, 0.25) is 6.79 Å². The summed E-state index contributed by atoms with van der Waals surface area (Å²) < 4.78 is 20.2. The Bertz CT molecular complexity index is 792. The lowest BCUT2D eigenvalue weighted by atomic mass is 10.1. The van der Waals surface area contributed by atoms with E-state index < -0.39 is 11.9 Å². The predicted octanol–water partition coefficient (Wildman–Crippen LogP) is 2.82. The summed E-state index contributed by atoms with van der Waals surface area (Å²) in [6.45, 7) is 0.161. The number of methoxy groups -OCH3 is 1. The fraction of sp³-hybridized carbons (Fsp3) is 0.111. The Morgan fingerprint density at radius 1 is 1.04 bits per heavy atom. The molecule has 0 radical (unpaired) electrons. The molecule has 24 heavy (non-hydrogen) atoms. The van der Waals surface area contributed by atoms with Crippen LogP contribution < -0.4 is 14.2 Å². The highest BCUT2D eigenvalue weighted by Crippen LogP contribution is 2.35. The van der Waals surface area contributed by atoms with Crippen LogP contribution in [0.25, 0.3) is 6.08 Å². The molecule has 0 aromatic heterocycles. The molecule has 0 N–H and O–H groups in total. The largest absolute Gasteiger partial charge is 0.465 e. The van der Waals surface area contributed by atoms with Gasteiger partial charge in [-0.2, -0.15) is 0 Å². The highest BCUT2D eigenvalue weighted by atomic mass is 16.7. The topological polar surface area (TPSA) is 71.1 Å². The van der Waals surface area contributed by atoms with Crippen LogP contribution in [0.4, 0.5) is 0 Å². The first-order chi connectivity index (χ1) is 11.7. The van der Waals surface area contributed by atoms with E-state index in [1.54, 1.807) is 48.5 Å². The minimum Gasteiger partial charge on any atom is -0.465 e.